The molecule has 5 atom stereocenters. The summed E-state index contributed by atoms with van der Waals surface area (Å²) in [5, 5.41) is 10.7. The molecule has 0 radical (unpaired) electrons. The summed E-state index contributed by atoms with van der Waals surface area (Å²) in [6.07, 6.45) is 99.8. The van der Waals surface area contributed by atoms with Crippen LogP contribution in [0.3, 0.4) is 0 Å². The van der Waals surface area contributed by atoms with Gasteiger partial charge >= 0.3 is 39.5 Å². The topological polar surface area (TPSA) is 237 Å². The predicted molar refractivity (Wildman–Crippen MR) is 454 cm³/mol. The zero-order valence-corrected chi connectivity index (χ0v) is 69.9. The average Bonchev–Trinajstić information content (AvgIpc) is 0.900. The Morgan fingerprint density at radius 2 is 0.482 bits per heavy atom. The first-order valence-corrected chi connectivity index (χ1v) is 44.7. The zero-order chi connectivity index (χ0) is 80.3. The Labute approximate surface area is 666 Å². The van der Waals surface area contributed by atoms with E-state index in [0.29, 0.717) is 32.1 Å². The minimum absolute atomic E-state index is 0.0381. The van der Waals surface area contributed by atoms with Crippen LogP contribution < -0.4 is 0 Å². The summed E-state index contributed by atoms with van der Waals surface area (Å²) in [6.45, 7) is 4.42. The van der Waals surface area contributed by atoms with Gasteiger partial charge < -0.3 is 33.8 Å². The Morgan fingerprint density at radius 1 is 0.264 bits per heavy atom. The fourth-order valence-electron chi connectivity index (χ4n) is 10.2. The third-order valence-electron chi connectivity index (χ3n) is 16.5. The molecular weight excluding hydrogens is 1430 g/mol. The van der Waals surface area contributed by atoms with Gasteiger partial charge in [0.15, 0.2) is 12.2 Å². The van der Waals surface area contributed by atoms with Crippen LogP contribution in [0.5, 0.6) is 0 Å². The van der Waals surface area contributed by atoms with Crippen LogP contribution in [-0.4, -0.2) is 96.7 Å². The lowest BCUT2D eigenvalue weighted by Gasteiger charge is -2.21. The molecule has 0 saturated heterocycles. The van der Waals surface area contributed by atoms with Crippen LogP contribution in [-0.2, 0) is 65.4 Å². The third kappa shape index (κ3) is 80.0. The number of aliphatic hydroxyl groups excluding tert-OH is 1. The summed E-state index contributed by atoms with van der Waals surface area (Å²) < 4.78 is 68.6. The highest BCUT2D eigenvalue weighted by Gasteiger charge is 2.30. The second kappa shape index (κ2) is 80.9. The van der Waals surface area contributed by atoms with Crippen molar-refractivity contribution in [2.45, 2.75) is 316 Å². The van der Waals surface area contributed by atoms with E-state index in [1.165, 1.54) is 38.5 Å². The Balaban J connectivity index is 5.53. The van der Waals surface area contributed by atoms with Crippen LogP contribution in [0.15, 0.2) is 194 Å². The number of esters is 4. The van der Waals surface area contributed by atoms with Crippen molar-refractivity contribution in [2.75, 3.05) is 39.6 Å². The quantitative estimate of drug-likeness (QED) is 0.0169. The molecule has 0 saturated carbocycles. The number of hydrogen-bond acceptors (Lipinski definition) is 15. The van der Waals surface area contributed by atoms with Crippen LogP contribution in [0, 0.1) is 0 Å². The molecule has 17 nitrogen and oxygen atoms in total. The van der Waals surface area contributed by atoms with E-state index < -0.39 is 97.5 Å². The highest BCUT2D eigenvalue weighted by Crippen LogP contribution is 2.45. The molecule has 2 unspecified atom stereocenters. The number of hydrogen-bond donors (Lipinski definition) is 3. The third-order valence-corrected chi connectivity index (χ3v) is 18.4. The Hall–Kier alpha value is -6.10. The first kappa shape index (κ1) is 104. The van der Waals surface area contributed by atoms with E-state index in [0.717, 1.165) is 173 Å². The molecule has 110 heavy (non-hydrogen) atoms. The lowest BCUT2D eigenvalue weighted by molar-refractivity contribution is -0.161. The van der Waals surface area contributed by atoms with Crippen LogP contribution >= 0.6 is 15.6 Å². The van der Waals surface area contributed by atoms with Crippen molar-refractivity contribution in [1.82, 2.24) is 0 Å². The van der Waals surface area contributed by atoms with Gasteiger partial charge in [0.25, 0.3) is 0 Å². The van der Waals surface area contributed by atoms with Gasteiger partial charge in [0.2, 0.25) is 0 Å². The summed E-state index contributed by atoms with van der Waals surface area (Å²) in [6, 6.07) is 0. The first-order valence-electron chi connectivity index (χ1n) is 41.7. The largest absolute Gasteiger partial charge is 0.472 e. The minimum atomic E-state index is -5.01. The van der Waals surface area contributed by atoms with Crippen molar-refractivity contribution < 1.29 is 80.2 Å². The number of aliphatic hydroxyl groups is 1. The molecule has 0 spiro atoms. The monoisotopic (exact) mass is 1570 g/mol. The Morgan fingerprint density at radius 3 is 0.773 bits per heavy atom. The van der Waals surface area contributed by atoms with Gasteiger partial charge in [-0.3, -0.25) is 37.3 Å². The fourth-order valence-corrected chi connectivity index (χ4v) is 11.8. The maximum atomic E-state index is 13.1. The smallest absolute Gasteiger partial charge is 0.462 e. The van der Waals surface area contributed by atoms with Gasteiger partial charge in [0.1, 0.15) is 19.3 Å². The Bertz CT molecular complexity index is 2850. The molecule has 0 aromatic heterocycles. The molecule has 0 aromatic rings. The van der Waals surface area contributed by atoms with Crippen molar-refractivity contribution in [3.05, 3.63) is 194 Å². The van der Waals surface area contributed by atoms with E-state index in [4.69, 9.17) is 37.0 Å². The van der Waals surface area contributed by atoms with E-state index in [9.17, 15) is 43.2 Å². The number of phosphoric acid groups is 2. The second-order valence-corrected chi connectivity index (χ2v) is 29.8. The zero-order valence-electron chi connectivity index (χ0n) is 68.1. The molecule has 19 heteroatoms. The van der Waals surface area contributed by atoms with Crippen molar-refractivity contribution in [1.29, 1.82) is 0 Å². The standard InChI is InChI=1S/C91H146O17P2/c1-5-9-13-17-21-25-29-33-37-40-42-45-49-52-56-60-64-68-72-76-89(94)102-82-87(108-91(96)78-74-70-66-62-58-54-50-46-43-41-38-34-30-26-22-18-14-10-6-2)84-106-110(99,100)104-80-85(92)79-103-109(97,98)105-83-86(107-90(95)77-73-69-65-61-57-53-47-36-32-28-24-20-16-12-8-4)81-101-88(93)75-71-67-63-59-55-51-48-44-39-35-31-27-23-19-15-11-7-3/h9-10,13-14,21-28,33-39,42-43,45-48,51-52,54,56,58-59,63,85-87,92H,5-8,11-12,15-20,29-32,40-41,44,49-50,53,55,57,60-62,64-84H2,1-4H3,(H,97,98)(H,99,100)/b13-9-,14-10-,25-21-,26-22-,27-23-,28-24-,37-33-,38-34-,39-35-,45-42-,46-43-,47-36-,51-48-,56-52-,58-54-,63-59-/t85-,86+,87+/m0/s1. The number of allylic oxidation sites excluding steroid dienone is 32. The SMILES string of the molecule is CC/C=C\C/C=C\C/C=C\C/C=C\C/C=C\CCCCCC(=O)OC[C@H](COP(=O)(O)OC[C@@H](O)COP(=O)(O)OC[C@@H](COC(=O)CCC/C=C\C/C=C\C/C=C\C/C=C\CCCCC)OC(=O)CCCCCCC/C=C\C/C=C\CCCCC)OC(=O)CCCCC/C=C\C/C=C\C/C=C\C/C=C\C/C=C\CC. The van der Waals surface area contributed by atoms with Crippen molar-refractivity contribution >= 4 is 39.5 Å². The number of carbonyl (C=O) groups excluding carboxylic acids is 4. The van der Waals surface area contributed by atoms with Crippen LogP contribution in [0.25, 0.3) is 0 Å². The van der Waals surface area contributed by atoms with E-state index >= 15 is 0 Å². The summed E-state index contributed by atoms with van der Waals surface area (Å²) in [5.41, 5.74) is 0. The van der Waals surface area contributed by atoms with Gasteiger partial charge in [0, 0.05) is 25.7 Å². The lowest BCUT2D eigenvalue weighted by atomic mass is 10.1. The molecular formula is C91H146O17P2. The molecule has 0 aliphatic heterocycles. The number of phosphoric ester groups is 2. The highest BCUT2D eigenvalue weighted by atomic mass is 31.2. The van der Waals surface area contributed by atoms with Gasteiger partial charge in [-0.15, -0.1) is 0 Å². The van der Waals surface area contributed by atoms with Crippen LogP contribution in [0.2, 0.25) is 0 Å². The van der Waals surface area contributed by atoms with Crippen molar-refractivity contribution in [3.63, 3.8) is 0 Å². The molecule has 0 aliphatic carbocycles. The summed E-state index contributed by atoms with van der Waals surface area (Å²) in [4.78, 5) is 73.2. The van der Waals surface area contributed by atoms with Crippen molar-refractivity contribution in [2.24, 2.45) is 0 Å². The van der Waals surface area contributed by atoms with Gasteiger partial charge in [-0.1, -0.05) is 280 Å². The highest BCUT2D eigenvalue weighted by molar-refractivity contribution is 7.47. The van der Waals surface area contributed by atoms with Gasteiger partial charge in [-0.2, -0.15) is 0 Å². The number of ether oxygens (including phenoxy) is 4. The van der Waals surface area contributed by atoms with Crippen molar-refractivity contribution in [3.8, 4) is 0 Å². The predicted octanol–water partition coefficient (Wildman–Crippen LogP) is 24.9. The average molecular weight is 1570 g/mol. The summed E-state index contributed by atoms with van der Waals surface area (Å²) in [5.74, 6) is -2.35. The molecule has 0 heterocycles. The Kier molecular flexibility index (Phi) is 76.4. The second-order valence-electron chi connectivity index (χ2n) is 26.9. The van der Waals surface area contributed by atoms with Gasteiger partial charge in [-0.25, -0.2) is 9.13 Å². The lowest BCUT2D eigenvalue weighted by Crippen LogP contribution is -2.30. The molecule has 0 aromatic carbocycles. The van der Waals surface area contributed by atoms with Gasteiger partial charge in [0.05, 0.1) is 26.4 Å². The minimum Gasteiger partial charge on any atom is -0.462 e. The van der Waals surface area contributed by atoms with Crippen LogP contribution in [0.4, 0.5) is 0 Å². The maximum Gasteiger partial charge on any atom is 0.472 e. The van der Waals surface area contributed by atoms with Crippen LogP contribution in [0.1, 0.15) is 297 Å². The molecule has 0 fully saturated rings. The molecule has 0 aliphatic rings. The van der Waals surface area contributed by atoms with E-state index in [1.54, 1.807) is 0 Å². The maximum absolute atomic E-state index is 13.1. The van der Waals surface area contributed by atoms with E-state index in [2.05, 4.69) is 210 Å². The first-order chi connectivity index (χ1) is 53.7. The number of carbonyl (C=O) groups is 4. The number of rotatable bonds is 76. The van der Waals surface area contributed by atoms with Gasteiger partial charge in [-0.05, 0) is 186 Å². The number of unbranched alkanes of at least 4 members (excludes halogenated alkanes) is 18. The van der Waals surface area contributed by atoms with E-state index in [1.807, 2.05) is 12.2 Å². The molecule has 3 N–H and O–H groups in total. The molecule has 0 amide bonds. The van der Waals surface area contributed by atoms with E-state index in [-0.39, 0.29) is 25.7 Å². The molecule has 622 valence electrons. The summed E-state index contributed by atoms with van der Waals surface area (Å²) in [7, 11) is -10.0. The summed E-state index contributed by atoms with van der Waals surface area (Å²) >= 11 is 0. The normalized spacial score (nSPS) is 14.8. The molecule has 0 rings (SSSR count). The fraction of sp³-hybridized carbons (Fsp3) is 0.604. The molecule has 0 bridgehead atoms.